The molecule has 11 heavy (non-hydrogen) atoms. The summed E-state index contributed by atoms with van der Waals surface area (Å²) in [7, 11) is 0. The highest BCUT2D eigenvalue weighted by Crippen LogP contribution is 1.98. The summed E-state index contributed by atoms with van der Waals surface area (Å²) in [6.45, 7) is 2.00. The Bertz CT molecular complexity index is 253. The van der Waals surface area contributed by atoms with Crippen molar-refractivity contribution < 1.29 is 0 Å². The van der Waals surface area contributed by atoms with Gasteiger partial charge in [0.25, 0.3) is 0 Å². The molecule has 0 unspecified atom stereocenters. The molecule has 2 nitrogen and oxygen atoms in total. The van der Waals surface area contributed by atoms with Gasteiger partial charge in [0.2, 0.25) is 0 Å². The summed E-state index contributed by atoms with van der Waals surface area (Å²) in [5.74, 6) is 0. The zero-order valence-corrected chi connectivity index (χ0v) is 7.19. The fourth-order valence-corrected chi connectivity index (χ4v) is 0.929. The zero-order chi connectivity index (χ0) is 8.27. The molecule has 1 heterocycles. The molecule has 0 bridgehead atoms. The molecule has 3 heteroatoms. The Hall–Kier alpha value is -0.960. The number of hydrogen-bond donors (Lipinski definition) is 1. The number of aryl methyl sites for hydroxylation is 1. The fourth-order valence-electron chi connectivity index (χ4n) is 0.782. The average Bonchev–Trinajstić information content (AvgIpc) is 1.93. The molecule has 0 aliphatic rings. The van der Waals surface area contributed by atoms with Crippen molar-refractivity contribution in [3.63, 3.8) is 0 Å². The van der Waals surface area contributed by atoms with Gasteiger partial charge in [0.1, 0.15) is 0 Å². The lowest BCUT2D eigenvalue weighted by atomic mass is 10.2. The Labute approximate surface area is 71.4 Å². The molecule has 2 N–H and O–H groups in total. The standard InChI is InChI=1S/C8H10N2S/c1-6-2-3-7(10-5-6)4-8(9)11/h2-3,5H,4H2,1H3,(H2,9,11). The molecule has 0 aliphatic carbocycles. The monoisotopic (exact) mass is 166 g/mol. The van der Waals surface area contributed by atoms with Gasteiger partial charge in [-0.05, 0) is 18.6 Å². The van der Waals surface area contributed by atoms with Gasteiger partial charge in [-0.3, -0.25) is 4.98 Å². The third kappa shape index (κ3) is 2.63. The number of nitrogens with two attached hydrogens (primary N) is 1. The number of hydrogen-bond acceptors (Lipinski definition) is 2. The Morgan fingerprint density at radius 1 is 1.64 bits per heavy atom. The second-order valence-corrected chi connectivity index (χ2v) is 2.99. The van der Waals surface area contributed by atoms with Crippen LogP contribution in [0.15, 0.2) is 18.3 Å². The van der Waals surface area contributed by atoms with E-state index < -0.39 is 0 Å². The van der Waals surface area contributed by atoms with Crippen molar-refractivity contribution >= 4 is 17.2 Å². The number of pyridine rings is 1. The Balaban J connectivity index is 2.74. The summed E-state index contributed by atoms with van der Waals surface area (Å²) in [6.07, 6.45) is 2.41. The van der Waals surface area contributed by atoms with Crippen LogP contribution in [0, 0.1) is 6.92 Å². The predicted molar refractivity (Wildman–Crippen MR) is 49.5 cm³/mol. The maximum atomic E-state index is 5.35. The summed E-state index contributed by atoms with van der Waals surface area (Å²) < 4.78 is 0. The van der Waals surface area contributed by atoms with Crippen molar-refractivity contribution in [3.8, 4) is 0 Å². The Morgan fingerprint density at radius 2 is 2.36 bits per heavy atom. The third-order valence-electron chi connectivity index (χ3n) is 1.33. The van der Waals surface area contributed by atoms with Gasteiger partial charge < -0.3 is 5.73 Å². The van der Waals surface area contributed by atoms with Gasteiger partial charge in [-0.2, -0.15) is 0 Å². The van der Waals surface area contributed by atoms with E-state index >= 15 is 0 Å². The second-order valence-electron chi connectivity index (χ2n) is 2.47. The first-order chi connectivity index (χ1) is 5.18. The quantitative estimate of drug-likeness (QED) is 0.671. The molecular weight excluding hydrogens is 156 g/mol. The number of nitrogens with zero attached hydrogens (tertiary/aromatic N) is 1. The van der Waals surface area contributed by atoms with Crippen LogP contribution >= 0.6 is 12.2 Å². The molecule has 0 amide bonds. The molecule has 0 fully saturated rings. The van der Waals surface area contributed by atoms with E-state index in [2.05, 4.69) is 4.98 Å². The van der Waals surface area contributed by atoms with Crippen molar-refractivity contribution in [1.29, 1.82) is 0 Å². The molecule has 0 saturated heterocycles. The molecule has 0 aliphatic heterocycles. The maximum absolute atomic E-state index is 5.35. The van der Waals surface area contributed by atoms with Crippen molar-refractivity contribution in [1.82, 2.24) is 4.98 Å². The number of thiocarbonyl (C=S) groups is 1. The summed E-state index contributed by atoms with van der Waals surface area (Å²) in [6, 6.07) is 3.94. The SMILES string of the molecule is Cc1ccc(CC(N)=S)nc1. The van der Waals surface area contributed by atoms with E-state index in [1.165, 1.54) is 0 Å². The van der Waals surface area contributed by atoms with Gasteiger partial charge in [-0.25, -0.2) is 0 Å². The molecular formula is C8H10N2S. The summed E-state index contributed by atoms with van der Waals surface area (Å²) in [5, 5.41) is 0. The molecule has 58 valence electrons. The van der Waals surface area contributed by atoms with E-state index in [4.69, 9.17) is 18.0 Å². The summed E-state index contributed by atoms with van der Waals surface area (Å²) >= 11 is 4.75. The van der Waals surface area contributed by atoms with Crippen LogP contribution in [0.4, 0.5) is 0 Å². The van der Waals surface area contributed by atoms with Crippen LogP contribution in [0.3, 0.4) is 0 Å². The van der Waals surface area contributed by atoms with E-state index in [0.717, 1.165) is 11.3 Å². The maximum Gasteiger partial charge on any atom is 0.0787 e. The summed E-state index contributed by atoms with van der Waals surface area (Å²) in [4.78, 5) is 4.64. The van der Waals surface area contributed by atoms with E-state index in [0.29, 0.717) is 11.4 Å². The van der Waals surface area contributed by atoms with Crippen LogP contribution in [-0.4, -0.2) is 9.97 Å². The molecule has 1 rings (SSSR count). The Morgan fingerprint density at radius 3 is 2.82 bits per heavy atom. The molecule has 1 aromatic rings. The topological polar surface area (TPSA) is 38.9 Å². The van der Waals surface area contributed by atoms with E-state index in [-0.39, 0.29) is 0 Å². The zero-order valence-electron chi connectivity index (χ0n) is 6.37. The number of aromatic nitrogens is 1. The molecule has 1 aromatic heterocycles. The van der Waals surface area contributed by atoms with E-state index in [1.807, 2.05) is 25.3 Å². The van der Waals surface area contributed by atoms with E-state index in [1.54, 1.807) is 0 Å². The minimum Gasteiger partial charge on any atom is -0.393 e. The largest absolute Gasteiger partial charge is 0.393 e. The van der Waals surface area contributed by atoms with Crippen LogP contribution in [0.1, 0.15) is 11.3 Å². The lowest BCUT2D eigenvalue weighted by Crippen LogP contribution is -2.11. The fraction of sp³-hybridized carbons (Fsp3) is 0.250. The molecule has 0 radical (unpaired) electrons. The van der Waals surface area contributed by atoms with Crippen LogP contribution in [0.25, 0.3) is 0 Å². The first kappa shape index (κ1) is 8.14. The molecule has 0 saturated carbocycles. The normalized spacial score (nSPS) is 9.55. The van der Waals surface area contributed by atoms with Gasteiger partial charge in [0, 0.05) is 18.3 Å². The van der Waals surface area contributed by atoms with Gasteiger partial charge in [-0.1, -0.05) is 18.3 Å². The molecule has 0 spiro atoms. The van der Waals surface area contributed by atoms with E-state index in [9.17, 15) is 0 Å². The van der Waals surface area contributed by atoms with Crippen molar-refractivity contribution in [2.24, 2.45) is 5.73 Å². The summed E-state index contributed by atoms with van der Waals surface area (Å²) in [5.41, 5.74) is 7.44. The van der Waals surface area contributed by atoms with Crippen molar-refractivity contribution in [2.75, 3.05) is 0 Å². The van der Waals surface area contributed by atoms with Crippen molar-refractivity contribution in [2.45, 2.75) is 13.3 Å². The van der Waals surface area contributed by atoms with Crippen LogP contribution in [-0.2, 0) is 6.42 Å². The predicted octanol–water partition coefficient (Wildman–Crippen LogP) is 1.22. The third-order valence-corrected chi connectivity index (χ3v) is 1.47. The highest BCUT2D eigenvalue weighted by atomic mass is 32.1. The van der Waals surface area contributed by atoms with Crippen LogP contribution in [0.5, 0.6) is 0 Å². The average molecular weight is 166 g/mol. The first-order valence-electron chi connectivity index (χ1n) is 3.38. The minimum atomic E-state index is 0.487. The van der Waals surface area contributed by atoms with Crippen LogP contribution < -0.4 is 5.73 Å². The lowest BCUT2D eigenvalue weighted by molar-refractivity contribution is 1.12. The Kier molecular flexibility index (Phi) is 2.54. The first-order valence-corrected chi connectivity index (χ1v) is 3.79. The lowest BCUT2D eigenvalue weighted by Gasteiger charge is -1.97. The molecule has 0 atom stereocenters. The molecule has 0 aromatic carbocycles. The van der Waals surface area contributed by atoms with Gasteiger partial charge in [0.05, 0.1) is 4.99 Å². The van der Waals surface area contributed by atoms with Gasteiger partial charge in [-0.15, -0.1) is 0 Å². The van der Waals surface area contributed by atoms with Gasteiger partial charge >= 0.3 is 0 Å². The van der Waals surface area contributed by atoms with Crippen LogP contribution in [0.2, 0.25) is 0 Å². The van der Waals surface area contributed by atoms with Crippen molar-refractivity contribution in [3.05, 3.63) is 29.6 Å². The smallest absolute Gasteiger partial charge is 0.0787 e. The highest BCUT2D eigenvalue weighted by molar-refractivity contribution is 7.80. The van der Waals surface area contributed by atoms with Gasteiger partial charge in [0.15, 0.2) is 0 Å². The number of rotatable bonds is 2. The highest BCUT2D eigenvalue weighted by Gasteiger charge is 1.94. The second kappa shape index (κ2) is 3.44. The minimum absolute atomic E-state index is 0.487.